The highest BCUT2D eigenvalue weighted by molar-refractivity contribution is 7.80. The molecule has 178 valence electrons. The number of thiocarbonyl (C=S) groups is 1. The van der Waals surface area contributed by atoms with E-state index in [-0.39, 0.29) is 26.6 Å². The van der Waals surface area contributed by atoms with Crippen molar-refractivity contribution in [3.8, 4) is 11.5 Å². The first-order valence-corrected chi connectivity index (χ1v) is 11.0. The maximum Gasteiger partial charge on any atom is 0.231 e. The van der Waals surface area contributed by atoms with Crippen molar-refractivity contribution < 1.29 is 13.9 Å². The van der Waals surface area contributed by atoms with E-state index in [2.05, 4.69) is 25.1 Å². The summed E-state index contributed by atoms with van der Waals surface area (Å²) >= 11 is 5.64. The van der Waals surface area contributed by atoms with Gasteiger partial charge in [0.1, 0.15) is 17.4 Å². The van der Waals surface area contributed by atoms with Gasteiger partial charge < -0.3 is 29.0 Å². The number of furan rings is 1. The summed E-state index contributed by atoms with van der Waals surface area (Å²) in [6.45, 7) is 4.13. The van der Waals surface area contributed by atoms with E-state index in [1.54, 1.807) is 6.33 Å². The summed E-state index contributed by atoms with van der Waals surface area (Å²) in [4.78, 5) is 13.4. The lowest BCUT2D eigenvalue weighted by molar-refractivity contribution is 0.174. The van der Waals surface area contributed by atoms with Crippen LogP contribution in [-0.4, -0.2) is 53.0 Å². The third kappa shape index (κ3) is 4.28. The second-order valence-electron chi connectivity index (χ2n) is 7.79. The normalized spacial score (nSPS) is 14.6. The molecular formula is C24H26ClN5O3S. The van der Waals surface area contributed by atoms with E-state index in [0.717, 1.165) is 76.2 Å². The van der Waals surface area contributed by atoms with E-state index in [0.29, 0.717) is 6.54 Å². The van der Waals surface area contributed by atoms with E-state index in [4.69, 9.17) is 26.1 Å². The summed E-state index contributed by atoms with van der Waals surface area (Å²) < 4.78 is 16.9. The van der Waals surface area contributed by atoms with Gasteiger partial charge in [0, 0.05) is 38.1 Å². The lowest BCUT2D eigenvalue weighted by Crippen LogP contribution is -2.51. The summed E-state index contributed by atoms with van der Waals surface area (Å²) in [5, 5.41) is 5.12. The van der Waals surface area contributed by atoms with Crippen LogP contribution < -0.4 is 19.7 Å². The molecule has 0 atom stereocenters. The van der Waals surface area contributed by atoms with Crippen molar-refractivity contribution in [1.82, 2.24) is 20.2 Å². The third-order valence-corrected chi connectivity index (χ3v) is 6.29. The molecule has 34 heavy (non-hydrogen) atoms. The Morgan fingerprint density at radius 1 is 1.00 bits per heavy atom. The molecule has 8 nitrogen and oxygen atoms in total. The van der Waals surface area contributed by atoms with Crippen LogP contribution in [0, 0.1) is 0 Å². The highest BCUT2D eigenvalue weighted by atomic mass is 35.5. The van der Waals surface area contributed by atoms with Crippen LogP contribution in [0.15, 0.2) is 53.2 Å². The van der Waals surface area contributed by atoms with Gasteiger partial charge in [-0.1, -0.05) is 25.6 Å². The maximum absolute atomic E-state index is 6.09. The Labute approximate surface area is 209 Å². The first-order valence-electron chi connectivity index (χ1n) is 10.5. The Kier molecular flexibility index (Phi) is 6.95. The van der Waals surface area contributed by atoms with Gasteiger partial charge in [0.25, 0.3) is 0 Å². The number of nitrogens with zero attached hydrogens (tertiary/aromatic N) is 4. The van der Waals surface area contributed by atoms with E-state index in [9.17, 15) is 0 Å². The third-order valence-electron chi connectivity index (χ3n) is 5.89. The number of fused-ring (bicyclic) bond motifs is 4. The molecule has 4 heterocycles. The van der Waals surface area contributed by atoms with E-state index in [1.807, 2.05) is 42.5 Å². The molecule has 0 radical (unpaired) electrons. The highest BCUT2D eigenvalue weighted by Gasteiger charge is 2.24. The highest BCUT2D eigenvalue weighted by Crippen LogP contribution is 2.33. The van der Waals surface area contributed by atoms with Crippen LogP contribution in [0.2, 0.25) is 0 Å². The fourth-order valence-corrected chi connectivity index (χ4v) is 4.45. The minimum absolute atomic E-state index is 0. The number of aromatic nitrogens is 2. The number of hydrogen-bond donors (Lipinski definition) is 1. The standard InChI is InChI=1S/C23H21N5O3S.CH4.ClH/c32-23(24-12-15-5-6-18-19(11-15)30-14-29-18)28-9-7-27(8-10-28)22-21-20(25-13-26-22)16-3-1-2-4-17(16)31-21;;/h1-6,11,13H,7-10,12,14H2,(H,24,32);1H4;1H. The molecule has 0 saturated carbocycles. The molecule has 1 fully saturated rings. The average Bonchev–Trinajstić information content (AvgIpc) is 3.46. The molecule has 1 saturated heterocycles. The lowest BCUT2D eigenvalue weighted by atomic mass is 10.2. The van der Waals surface area contributed by atoms with Gasteiger partial charge in [0.2, 0.25) is 6.79 Å². The van der Waals surface area contributed by atoms with Crippen LogP contribution in [0.25, 0.3) is 22.1 Å². The maximum atomic E-state index is 6.09. The number of piperazine rings is 1. The zero-order valence-corrected chi connectivity index (χ0v) is 19.3. The summed E-state index contributed by atoms with van der Waals surface area (Å²) in [5.74, 6) is 2.41. The molecular weight excluding hydrogens is 474 g/mol. The average molecular weight is 500 g/mol. The molecule has 4 aromatic rings. The summed E-state index contributed by atoms with van der Waals surface area (Å²) in [5.41, 5.74) is 3.53. The first kappa shape index (κ1) is 23.8. The van der Waals surface area contributed by atoms with Crippen LogP contribution in [0.3, 0.4) is 0 Å². The van der Waals surface area contributed by atoms with Crippen molar-refractivity contribution in [3.63, 3.8) is 0 Å². The number of halogens is 1. The van der Waals surface area contributed by atoms with Crippen molar-refractivity contribution in [2.75, 3.05) is 37.9 Å². The van der Waals surface area contributed by atoms with Crippen molar-refractivity contribution >= 4 is 57.6 Å². The lowest BCUT2D eigenvalue weighted by Gasteiger charge is -2.36. The van der Waals surface area contributed by atoms with Crippen molar-refractivity contribution in [3.05, 3.63) is 54.4 Å². The van der Waals surface area contributed by atoms with Crippen LogP contribution in [0.1, 0.15) is 13.0 Å². The summed E-state index contributed by atoms with van der Waals surface area (Å²) in [7, 11) is 0. The summed E-state index contributed by atoms with van der Waals surface area (Å²) in [6, 6.07) is 13.9. The Bertz CT molecular complexity index is 1320. The van der Waals surface area contributed by atoms with E-state index in [1.165, 1.54) is 0 Å². The molecule has 0 aliphatic carbocycles. The van der Waals surface area contributed by atoms with Crippen molar-refractivity contribution in [1.29, 1.82) is 0 Å². The number of nitrogens with one attached hydrogen (secondary N) is 1. The smallest absolute Gasteiger partial charge is 0.231 e. The van der Waals surface area contributed by atoms with Crippen molar-refractivity contribution in [2.24, 2.45) is 0 Å². The molecule has 1 N–H and O–H groups in total. The molecule has 0 bridgehead atoms. The molecule has 2 aromatic heterocycles. The van der Waals surface area contributed by atoms with Crippen molar-refractivity contribution in [2.45, 2.75) is 14.0 Å². The molecule has 2 aliphatic heterocycles. The number of rotatable bonds is 3. The Balaban J connectivity index is 0.00000137. The molecule has 6 rings (SSSR count). The summed E-state index contributed by atoms with van der Waals surface area (Å²) in [6.07, 6.45) is 1.61. The molecule has 0 unspecified atom stereocenters. The van der Waals surface area contributed by atoms with E-state index < -0.39 is 0 Å². The van der Waals surface area contributed by atoms with Gasteiger partial charge in [-0.05, 0) is 42.0 Å². The largest absolute Gasteiger partial charge is 0.454 e. The quantitative estimate of drug-likeness (QED) is 0.414. The zero-order valence-electron chi connectivity index (χ0n) is 17.7. The number of benzene rings is 2. The van der Waals surface area contributed by atoms with Crippen LogP contribution in [0.5, 0.6) is 11.5 Å². The van der Waals surface area contributed by atoms with Gasteiger partial charge in [0.15, 0.2) is 28.0 Å². The van der Waals surface area contributed by atoms with Gasteiger partial charge >= 0.3 is 0 Å². The van der Waals surface area contributed by atoms with Crippen LogP contribution in [0.4, 0.5) is 5.82 Å². The van der Waals surface area contributed by atoms with Crippen LogP contribution >= 0.6 is 24.6 Å². The second-order valence-corrected chi connectivity index (χ2v) is 8.18. The predicted molar refractivity (Wildman–Crippen MR) is 139 cm³/mol. The number of hydrogen-bond acceptors (Lipinski definition) is 7. The minimum Gasteiger partial charge on any atom is -0.454 e. The number of anilines is 1. The fraction of sp³-hybridized carbons (Fsp3) is 0.292. The molecule has 2 aliphatic rings. The minimum atomic E-state index is 0. The monoisotopic (exact) mass is 499 g/mol. The van der Waals surface area contributed by atoms with Gasteiger partial charge in [-0.25, -0.2) is 9.97 Å². The number of ether oxygens (including phenoxy) is 2. The second kappa shape index (κ2) is 9.90. The van der Waals surface area contributed by atoms with Gasteiger partial charge in [-0.2, -0.15) is 0 Å². The van der Waals surface area contributed by atoms with E-state index >= 15 is 0 Å². The first-order chi connectivity index (χ1) is 15.8. The van der Waals surface area contributed by atoms with Gasteiger partial charge in [-0.3, -0.25) is 0 Å². The Hall–Kier alpha value is -3.30. The Morgan fingerprint density at radius 2 is 1.79 bits per heavy atom. The predicted octanol–water partition coefficient (Wildman–Crippen LogP) is 4.36. The molecule has 10 heteroatoms. The SMILES string of the molecule is C.Cl.S=C(NCc1ccc2c(c1)OCO2)N1CCN(c2ncnc3c2oc2ccccc23)CC1. The topological polar surface area (TPSA) is 75.9 Å². The van der Waals surface area contributed by atoms with Gasteiger partial charge in [-0.15, -0.1) is 12.4 Å². The molecule has 2 aromatic carbocycles. The Morgan fingerprint density at radius 3 is 2.65 bits per heavy atom. The molecule has 0 spiro atoms. The number of para-hydroxylation sites is 1. The van der Waals surface area contributed by atoms with Gasteiger partial charge in [0.05, 0.1) is 0 Å². The molecule has 0 amide bonds. The fourth-order valence-electron chi connectivity index (χ4n) is 4.20. The van der Waals surface area contributed by atoms with Crippen LogP contribution in [-0.2, 0) is 6.54 Å². The zero-order chi connectivity index (χ0) is 21.5.